The predicted octanol–water partition coefficient (Wildman–Crippen LogP) is 20.9. The molecule has 2 heterocycles. The fourth-order valence-electron chi connectivity index (χ4n) is 18.2. The number of aryl methyl sites for hydroxylation is 3. The zero-order valence-corrected chi connectivity index (χ0v) is 55.0. The van der Waals surface area contributed by atoms with Crippen molar-refractivity contribution in [1.29, 1.82) is 0 Å². The first-order valence-corrected chi connectivity index (χ1v) is 33.2. The fourth-order valence-corrected chi connectivity index (χ4v) is 18.2. The van der Waals surface area contributed by atoms with Gasteiger partial charge in [0, 0.05) is 39.3 Å². The molecule has 0 saturated heterocycles. The topological polar surface area (TPSA) is 16.4 Å². The van der Waals surface area contributed by atoms with Gasteiger partial charge in [-0.25, -0.2) is 0 Å². The highest BCUT2D eigenvalue weighted by Gasteiger charge is 2.58. The van der Waals surface area contributed by atoms with E-state index in [0.29, 0.717) is 5.92 Å². The zero-order chi connectivity index (χ0) is 60.4. The van der Waals surface area contributed by atoms with Gasteiger partial charge in [-0.05, 0) is 217 Å². The highest BCUT2D eigenvalue weighted by atomic mass is 16.3. The third kappa shape index (κ3) is 8.82. The summed E-state index contributed by atoms with van der Waals surface area (Å²) in [6.45, 7) is 39.4. The highest BCUT2D eigenvalue weighted by molar-refractivity contribution is 6.98. The van der Waals surface area contributed by atoms with Gasteiger partial charge in [-0.1, -0.05) is 236 Å². The summed E-state index contributed by atoms with van der Waals surface area (Å²) < 4.78 is 6.99. The number of fused-ring (bicyclic) bond motifs is 10. The summed E-state index contributed by atoms with van der Waals surface area (Å²) in [6.07, 6.45) is 12.0. The van der Waals surface area contributed by atoms with Crippen LogP contribution in [0.1, 0.15) is 233 Å². The summed E-state index contributed by atoms with van der Waals surface area (Å²) in [5.74, 6) is 0.504. The summed E-state index contributed by atoms with van der Waals surface area (Å²) >= 11 is 0. The first-order valence-electron chi connectivity index (χ1n) is 33.2. The van der Waals surface area contributed by atoms with Crippen molar-refractivity contribution in [3.8, 4) is 11.1 Å². The molecule has 3 heteroatoms. The Morgan fingerprint density at radius 2 is 1.20 bits per heavy atom. The molecule has 4 aliphatic carbocycles. The molecule has 1 aromatic heterocycles. The van der Waals surface area contributed by atoms with E-state index < -0.39 is 0 Å². The third-order valence-electron chi connectivity index (χ3n) is 24.0. The Kier molecular flexibility index (Phi) is 13.1. The number of hydrogen-bond acceptors (Lipinski definition) is 2. The van der Waals surface area contributed by atoms with E-state index in [2.05, 4.69) is 261 Å². The molecule has 1 saturated carbocycles. The smallest absolute Gasteiger partial charge is 0.247 e. The van der Waals surface area contributed by atoms with Crippen molar-refractivity contribution in [1.82, 2.24) is 0 Å². The lowest BCUT2D eigenvalue weighted by atomic mass is 9.33. The molecule has 0 bridgehead atoms. The van der Waals surface area contributed by atoms with Crippen molar-refractivity contribution in [2.45, 2.75) is 219 Å². The van der Waals surface area contributed by atoms with E-state index in [1.54, 1.807) is 11.1 Å². The van der Waals surface area contributed by atoms with Gasteiger partial charge >= 0.3 is 0 Å². The molecule has 9 aromatic rings. The van der Waals surface area contributed by atoms with Gasteiger partial charge in [-0.15, -0.1) is 0 Å². The van der Waals surface area contributed by atoms with E-state index >= 15 is 0 Å². The monoisotopic (exact) mass is 1130 g/mol. The molecule has 2 nitrogen and oxygen atoms in total. The molecule has 1 fully saturated rings. The lowest BCUT2D eigenvalue weighted by Crippen LogP contribution is -2.59. The summed E-state index contributed by atoms with van der Waals surface area (Å²) in [5.41, 5.74) is 30.9. The highest BCUT2D eigenvalue weighted by Crippen LogP contribution is 2.66. The minimum atomic E-state index is -0.0141. The number of para-hydroxylation sites is 2. The number of rotatable bonds is 8. The maximum atomic E-state index is 6.99. The maximum absolute atomic E-state index is 6.99. The number of nitrogens with zero attached hydrogens (tertiary/aromatic N) is 1. The van der Waals surface area contributed by atoms with Crippen molar-refractivity contribution < 1.29 is 4.42 Å². The second kappa shape index (κ2) is 19.7. The van der Waals surface area contributed by atoms with Crippen LogP contribution in [-0.2, 0) is 38.9 Å². The summed E-state index contributed by atoms with van der Waals surface area (Å²) in [5, 5.41) is 2.38. The van der Waals surface area contributed by atoms with Gasteiger partial charge in [-0.2, -0.15) is 0 Å². The lowest BCUT2D eigenvalue weighted by Gasteiger charge is -2.49. The van der Waals surface area contributed by atoms with Crippen LogP contribution in [0.4, 0.5) is 17.1 Å². The summed E-state index contributed by atoms with van der Waals surface area (Å²) in [7, 11) is 0. The van der Waals surface area contributed by atoms with Gasteiger partial charge in [0.05, 0.1) is 0 Å². The van der Waals surface area contributed by atoms with Gasteiger partial charge in [0.15, 0.2) is 0 Å². The molecular formula is C83H94BNO. The van der Waals surface area contributed by atoms with Crippen LogP contribution in [0.25, 0.3) is 33.1 Å². The van der Waals surface area contributed by atoms with Crippen LogP contribution in [0.5, 0.6) is 0 Å². The molecule has 8 aromatic carbocycles. The number of hydrogen-bond donors (Lipinski definition) is 0. The van der Waals surface area contributed by atoms with Crippen LogP contribution in [0, 0.1) is 19.3 Å². The van der Waals surface area contributed by atoms with E-state index in [9.17, 15) is 0 Å². The molecule has 440 valence electrons. The van der Waals surface area contributed by atoms with Crippen LogP contribution < -0.4 is 21.3 Å². The lowest BCUT2D eigenvalue weighted by molar-refractivity contribution is 0.0764. The molecule has 86 heavy (non-hydrogen) atoms. The Morgan fingerprint density at radius 1 is 0.547 bits per heavy atom. The first kappa shape index (κ1) is 57.2. The molecule has 1 aliphatic heterocycles. The zero-order valence-electron chi connectivity index (χ0n) is 55.0. The van der Waals surface area contributed by atoms with Gasteiger partial charge in [0.25, 0.3) is 0 Å². The van der Waals surface area contributed by atoms with Crippen molar-refractivity contribution in [2.75, 3.05) is 4.90 Å². The van der Waals surface area contributed by atoms with Gasteiger partial charge in [0.2, 0.25) is 6.71 Å². The van der Waals surface area contributed by atoms with Crippen LogP contribution >= 0.6 is 0 Å². The molecule has 0 spiro atoms. The van der Waals surface area contributed by atoms with Crippen LogP contribution in [-0.4, -0.2) is 6.71 Å². The number of benzene rings is 8. The fraction of sp³-hybridized carbons (Fsp3) is 0.422. The standard InChI is InChI=1S/C83H94BNO/c1-51-44-52(2)75-73(45-51)85(58-33-36-65-67(48-58)79(9,10)41-40-78(65,7)8)72-50-69-68(80(11,12)42-43-81(69,13)14)49-71(72)84(75)70-37-27-54(46-63(70)53(3)59-23-21-24-61-60-22-17-18-25-74(60)86-76(59)61)26-35-64-62-34-30-56(55-28-31-57(32-29-55)77(4,5)6)47-66(62)83(16)39-20-19-38-82(64,83)15/h17-18,21-25,27-34,36-37,44-50,53,64H,19-20,26,35,38-43H2,1-16H3. The van der Waals surface area contributed by atoms with E-state index in [0.717, 1.165) is 24.0 Å². The van der Waals surface area contributed by atoms with E-state index in [1.807, 2.05) is 0 Å². The second-order valence-corrected chi connectivity index (χ2v) is 32.2. The quantitative estimate of drug-likeness (QED) is 0.141. The molecule has 5 aliphatic rings. The van der Waals surface area contributed by atoms with Crippen LogP contribution in [0.2, 0.25) is 0 Å². The number of furan rings is 1. The Bertz CT molecular complexity index is 4210. The molecular weight excluding hydrogens is 1040 g/mol. The third-order valence-corrected chi connectivity index (χ3v) is 24.0. The van der Waals surface area contributed by atoms with Gasteiger partial charge < -0.3 is 9.32 Å². The maximum Gasteiger partial charge on any atom is 0.247 e. The Morgan fingerprint density at radius 3 is 1.92 bits per heavy atom. The number of anilines is 3. The summed E-state index contributed by atoms with van der Waals surface area (Å²) in [6, 6.07) is 58.4. The largest absolute Gasteiger partial charge is 0.456 e. The van der Waals surface area contributed by atoms with Crippen LogP contribution in [0.15, 0.2) is 150 Å². The van der Waals surface area contributed by atoms with Gasteiger partial charge in [-0.3, -0.25) is 0 Å². The first-order chi connectivity index (χ1) is 40.7. The van der Waals surface area contributed by atoms with E-state index in [1.165, 1.54) is 162 Å². The van der Waals surface area contributed by atoms with Crippen molar-refractivity contribution >= 4 is 62.1 Å². The molecule has 0 amide bonds. The van der Waals surface area contributed by atoms with Crippen molar-refractivity contribution in [2.24, 2.45) is 5.41 Å². The van der Waals surface area contributed by atoms with Crippen LogP contribution in [0.3, 0.4) is 0 Å². The Hall–Kier alpha value is -6.58. The van der Waals surface area contributed by atoms with Crippen molar-refractivity contribution in [3.05, 3.63) is 212 Å². The molecule has 4 atom stereocenters. The predicted molar refractivity (Wildman–Crippen MR) is 369 cm³/mol. The molecule has 14 rings (SSSR count). The SMILES string of the molecule is Cc1cc(C)c2c(c1)N(c1ccc3c(c1)C(C)(C)CCC3(C)C)c1cc3c(cc1B2c1ccc(CCC2c4ccc(-c5ccc(C(C)(C)C)cc5)cc4C4(C)CCCCC24C)cc1C(C)c1cccc2c1oc1ccccc12)C(C)(C)CCC3(C)C. The summed E-state index contributed by atoms with van der Waals surface area (Å²) in [4.78, 5) is 2.72. The van der Waals surface area contributed by atoms with E-state index in [-0.39, 0.29) is 50.5 Å². The molecule has 0 radical (unpaired) electrons. The minimum absolute atomic E-state index is 0.0141. The normalized spacial score (nSPS) is 22.6. The average molecular weight is 1130 g/mol. The molecule has 4 unspecified atom stereocenters. The minimum Gasteiger partial charge on any atom is -0.456 e. The van der Waals surface area contributed by atoms with Gasteiger partial charge in [0.1, 0.15) is 11.2 Å². The second-order valence-electron chi connectivity index (χ2n) is 32.2. The Balaban J connectivity index is 0.954. The molecule has 0 N–H and O–H groups in total. The Labute approximate surface area is 516 Å². The van der Waals surface area contributed by atoms with E-state index in [4.69, 9.17) is 4.42 Å². The van der Waals surface area contributed by atoms with Crippen molar-refractivity contribution in [3.63, 3.8) is 0 Å². The average Bonchev–Trinajstić information content (AvgIpc) is 1.29.